The molecule has 1 aromatic heterocycles. The van der Waals surface area contributed by atoms with Gasteiger partial charge in [-0.1, -0.05) is 0 Å². The van der Waals surface area contributed by atoms with E-state index in [9.17, 15) is 4.79 Å². The van der Waals surface area contributed by atoms with E-state index in [4.69, 9.17) is 0 Å². The van der Waals surface area contributed by atoms with Gasteiger partial charge in [-0.3, -0.25) is 4.79 Å². The number of carbonyl (C=O) groups excluding carboxylic acids is 1. The number of nitrogens with zero attached hydrogens (tertiary/aromatic N) is 2. The van der Waals surface area contributed by atoms with Crippen LogP contribution in [-0.2, 0) is 0 Å². The van der Waals surface area contributed by atoms with Gasteiger partial charge in [0.15, 0.2) is 0 Å². The number of likely N-dealkylation sites (N-methyl/N-ethyl adjacent to an activating group) is 1. The number of amides is 1. The maximum absolute atomic E-state index is 12.4. The first kappa shape index (κ1) is 15.3. The number of anilines is 1. The summed E-state index contributed by atoms with van der Waals surface area (Å²) in [7, 11) is 2.09. The highest BCUT2D eigenvalue weighted by atomic mass is 79.9. The van der Waals surface area contributed by atoms with Gasteiger partial charge in [0.05, 0.1) is 5.56 Å². The number of piperidine rings is 1. The number of aromatic nitrogens is 1. The van der Waals surface area contributed by atoms with Crippen molar-refractivity contribution in [3.8, 4) is 0 Å². The van der Waals surface area contributed by atoms with Gasteiger partial charge in [0.2, 0.25) is 0 Å². The molecule has 1 saturated heterocycles. The van der Waals surface area contributed by atoms with Crippen molar-refractivity contribution in [3.63, 3.8) is 0 Å². The molecule has 0 aromatic carbocycles. The average Bonchev–Trinajstić information content (AvgIpc) is 2.41. The summed E-state index contributed by atoms with van der Waals surface area (Å²) < 4.78 is 0.810. The van der Waals surface area contributed by atoms with E-state index in [-0.39, 0.29) is 11.9 Å². The van der Waals surface area contributed by atoms with Gasteiger partial charge in [-0.15, -0.1) is 0 Å². The van der Waals surface area contributed by atoms with Crippen molar-refractivity contribution < 1.29 is 4.79 Å². The second kappa shape index (κ2) is 7.04. The Morgan fingerprint density at radius 1 is 1.60 bits per heavy atom. The van der Waals surface area contributed by atoms with Gasteiger partial charge in [0, 0.05) is 29.8 Å². The van der Waals surface area contributed by atoms with Crippen LogP contribution in [-0.4, -0.2) is 48.5 Å². The molecule has 110 valence electrons. The first-order valence-electron chi connectivity index (χ1n) is 6.99. The molecule has 0 spiro atoms. The normalized spacial score (nSPS) is 19.6. The van der Waals surface area contributed by atoms with E-state index in [1.54, 1.807) is 6.20 Å². The zero-order valence-electron chi connectivity index (χ0n) is 11.9. The molecule has 1 amide bonds. The van der Waals surface area contributed by atoms with Crippen LogP contribution in [0.3, 0.4) is 0 Å². The van der Waals surface area contributed by atoms with Crippen LogP contribution in [0.4, 0.5) is 5.82 Å². The van der Waals surface area contributed by atoms with Gasteiger partial charge in [0.1, 0.15) is 5.82 Å². The Kier molecular flexibility index (Phi) is 5.37. The van der Waals surface area contributed by atoms with Crippen LogP contribution in [0.1, 0.15) is 30.1 Å². The minimum absolute atomic E-state index is 0.0601. The highest BCUT2D eigenvalue weighted by Gasteiger charge is 2.21. The summed E-state index contributed by atoms with van der Waals surface area (Å²) in [6.07, 6.45) is 3.86. The monoisotopic (exact) mass is 340 g/mol. The Labute approximate surface area is 128 Å². The van der Waals surface area contributed by atoms with E-state index < -0.39 is 0 Å². The number of rotatable bonds is 4. The molecule has 2 heterocycles. The third-order valence-electron chi connectivity index (χ3n) is 3.40. The Hall–Kier alpha value is -1.14. The molecular formula is C14H21BrN4O. The summed E-state index contributed by atoms with van der Waals surface area (Å²) in [6, 6.07) is 2.03. The van der Waals surface area contributed by atoms with Crippen molar-refractivity contribution in [1.29, 1.82) is 0 Å². The van der Waals surface area contributed by atoms with Crippen LogP contribution in [0.15, 0.2) is 16.7 Å². The Balaban J connectivity index is 2.09. The lowest BCUT2D eigenvalue weighted by atomic mass is 10.1. The van der Waals surface area contributed by atoms with E-state index in [2.05, 4.69) is 43.5 Å². The fraction of sp³-hybridized carbons (Fsp3) is 0.571. The second-order valence-corrected chi connectivity index (χ2v) is 6.07. The first-order valence-corrected chi connectivity index (χ1v) is 7.78. The van der Waals surface area contributed by atoms with Gasteiger partial charge < -0.3 is 15.5 Å². The SMILES string of the molecule is CCNc1ncc(Br)cc1C(=O)NC1CCCN(C)C1. The molecule has 0 aliphatic carbocycles. The number of carbonyl (C=O) groups is 1. The average molecular weight is 341 g/mol. The molecule has 20 heavy (non-hydrogen) atoms. The first-order chi connectivity index (χ1) is 9.60. The fourth-order valence-corrected chi connectivity index (χ4v) is 2.80. The van der Waals surface area contributed by atoms with Crippen LogP contribution in [0, 0.1) is 0 Å². The van der Waals surface area contributed by atoms with Crippen LogP contribution >= 0.6 is 15.9 Å². The van der Waals surface area contributed by atoms with E-state index in [0.717, 1.165) is 36.9 Å². The molecular weight excluding hydrogens is 320 g/mol. The number of hydrogen-bond acceptors (Lipinski definition) is 4. The zero-order chi connectivity index (χ0) is 14.5. The van der Waals surface area contributed by atoms with Crippen LogP contribution in [0.5, 0.6) is 0 Å². The van der Waals surface area contributed by atoms with E-state index >= 15 is 0 Å². The van der Waals surface area contributed by atoms with Gasteiger partial charge in [-0.2, -0.15) is 0 Å². The van der Waals surface area contributed by atoms with E-state index in [0.29, 0.717) is 11.4 Å². The number of likely N-dealkylation sites (tertiary alicyclic amines) is 1. The third kappa shape index (κ3) is 3.93. The summed E-state index contributed by atoms with van der Waals surface area (Å²) >= 11 is 3.37. The molecule has 1 aromatic rings. The number of halogens is 1. The molecule has 2 rings (SSSR count). The van der Waals surface area contributed by atoms with Crippen LogP contribution in [0.25, 0.3) is 0 Å². The molecule has 5 nitrogen and oxygen atoms in total. The van der Waals surface area contributed by atoms with Crippen molar-refractivity contribution >= 4 is 27.7 Å². The summed E-state index contributed by atoms with van der Waals surface area (Å²) in [5, 5.41) is 6.24. The van der Waals surface area contributed by atoms with Crippen molar-refractivity contribution in [2.24, 2.45) is 0 Å². The van der Waals surface area contributed by atoms with E-state index in [1.165, 1.54) is 0 Å². The zero-order valence-corrected chi connectivity index (χ0v) is 13.5. The number of pyridine rings is 1. The minimum Gasteiger partial charge on any atom is -0.370 e. The number of nitrogens with one attached hydrogen (secondary N) is 2. The highest BCUT2D eigenvalue weighted by Crippen LogP contribution is 2.18. The third-order valence-corrected chi connectivity index (χ3v) is 3.84. The molecule has 1 fully saturated rings. The van der Waals surface area contributed by atoms with Gasteiger partial charge in [-0.25, -0.2) is 4.98 Å². The highest BCUT2D eigenvalue weighted by molar-refractivity contribution is 9.10. The minimum atomic E-state index is -0.0601. The van der Waals surface area contributed by atoms with Crippen molar-refractivity contribution in [1.82, 2.24) is 15.2 Å². The molecule has 0 bridgehead atoms. The predicted molar refractivity (Wildman–Crippen MR) is 84.1 cm³/mol. The molecule has 1 unspecified atom stereocenters. The molecule has 0 saturated carbocycles. The van der Waals surface area contributed by atoms with Gasteiger partial charge in [-0.05, 0) is 55.4 Å². The van der Waals surface area contributed by atoms with Gasteiger partial charge in [0.25, 0.3) is 5.91 Å². The van der Waals surface area contributed by atoms with Crippen molar-refractivity contribution in [2.75, 3.05) is 32.0 Å². The Morgan fingerprint density at radius 2 is 2.40 bits per heavy atom. The maximum atomic E-state index is 12.4. The van der Waals surface area contributed by atoms with Crippen LogP contribution < -0.4 is 10.6 Å². The molecule has 2 N–H and O–H groups in total. The maximum Gasteiger partial charge on any atom is 0.255 e. The summed E-state index contributed by atoms with van der Waals surface area (Å²) in [6.45, 7) is 4.74. The number of hydrogen-bond donors (Lipinski definition) is 2. The lowest BCUT2D eigenvalue weighted by Crippen LogP contribution is -2.46. The lowest BCUT2D eigenvalue weighted by Gasteiger charge is -2.30. The molecule has 0 radical (unpaired) electrons. The van der Waals surface area contributed by atoms with Crippen LogP contribution in [0.2, 0.25) is 0 Å². The molecule has 1 atom stereocenters. The summed E-state index contributed by atoms with van der Waals surface area (Å²) in [4.78, 5) is 19.0. The summed E-state index contributed by atoms with van der Waals surface area (Å²) in [5.41, 5.74) is 0.592. The Bertz CT molecular complexity index is 480. The van der Waals surface area contributed by atoms with Gasteiger partial charge >= 0.3 is 0 Å². The Morgan fingerprint density at radius 3 is 3.10 bits per heavy atom. The lowest BCUT2D eigenvalue weighted by molar-refractivity contribution is 0.0913. The predicted octanol–water partition coefficient (Wildman–Crippen LogP) is 2.10. The van der Waals surface area contributed by atoms with E-state index in [1.807, 2.05) is 13.0 Å². The van der Waals surface area contributed by atoms with Crippen molar-refractivity contribution in [3.05, 3.63) is 22.3 Å². The van der Waals surface area contributed by atoms with Crippen molar-refractivity contribution in [2.45, 2.75) is 25.8 Å². The second-order valence-electron chi connectivity index (χ2n) is 5.15. The standard InChI is InChI=1S/C14H21BrN4O/c1-3-16-13-12(7-10(15)8-17-13)14(20)18-11-5-4-6-19(2)9-11/h7-8,11H,3-6,9H2,1-2H3,(H,16,17)(H,18,20). The molecule has 6 heteroatoms. The summed E-state index contributed by atoms with van der Waals surface area (Å²) in [5.74, 6) is 0.576. The fourth-order valence-electron chi connectivity index (χ4n) is 2.47. The topological polar surface area (TPSA) is 57.3 Å². The largest absolute Gasteiger partial charge is 0.370 e. The molecule has 1 aliphatic heterocycles. The smallest absolute Gasteiger partial charge is 0.255 e. The quantitative estimate of drug-likeness (QED) is 0.881. The molecule has 1 aliphatic rings.